The van der Waals surface area contributed by atoms with Gasteiger partial charge in [-0.25, -0.2) is 0 Å². The average molecular weight is 156 g/mol. The number of aromatic nitrogens is 1. The number of nitrogens with one attached hydrogen (secondary N) is 1. The Bertz CT molecular complexity index is 222. The Kier molecular flexibility index (Phi) is 2.51. The number of aliphatic hydroxyl groups is 1. The molecule has 1 heterocycles. The van der Waals surface area contributed by atoms with Gasteiger partial charge in [-0.3, -0.25) is 0 Å². The summed E-state index contributed by atoms with van der Waals surface area (Å²) in [7, 11) is 0. The molecule has 0 saturated heterocycles. The zero-order valence-electron chi connectivity index (χ0n) is 6.37. The number of hydrogen-bond donors (Lipinski definition) is 3. The van der Waals surface area contributed by atoms with Gasteiger partial charge in [-0.1, -0.05) is 0 Å². The molecule has 4 nitrogen and oxygen atoms in total. The second kappa shape index (κ2) is 3.41. The maximum atomic E-state index is 9.26. The van der Waals surface area contributed by atoms with Crippen molar-refractivity contribution in [2.24, 2.45) is 0 Å². The van der Waals surface area contributed by atoms with Gasteiger partial charge in [-0.2, -0.15) is 0 Å². The van der Waals surface area contributed by atoms with Gasteiger partial charge in [0, 0.05) is 12.8 Å². The fraction of sp³-hybridized carbons (Fsp3) is 0.429. The summed E-state index contributed by atoms with van der Waals surface area (Å²) in [6.07, 6.45) is 0.724. The zero-order chi connectivity index (χ0) is 8.27. The number of nitrogens with two attached hydrogens (primary N) is 1. The predicted octanol–water partition coefficient (Wildman–Crippen LogP) is 0.624. The van der Waals surface area contributed by atoms with Crippen molar-refractivity contribution in [2.45, 2.75) is 13.2 Å². The highest BCUT2D eigenvalue weighted by Gasteiger charge is 2.10. The molecule has 62 valence electrons. The summed E-state index contributed by atoms with van der Waals surface area (Å²) in [5.74, 6) is 0. The topological polar surface area (TPSA) is 71.3 Å². The Balaban J connectivity index is 2.67. The van der Waals surface area contributed by atoms with Crippen molar-refractivity contribution in [3.63, 3.8) is 0 Å². The van der Waals surface area contributed by atoms with Gasteiger partial charge >= 0.3 is 0 Å². The van der Waals surface area contributed by atoms with E-state index in [1.807, 2.05) is 6.92 Å². The van der Waals surface area contributed by atoms with Crippen LogP contribution in [0, 0.1) is 0 Å². The summed E-state index contributed by atoms with van der Waals surface area (Å²) in [6.45, 7) is 2.27. The molecular weight excluding hydrogens is 144 g/mol. The molecule has 1 aromatic heterocycles. The van der Waals surface area contributed by atoms with Crippen LogP contribution in [0.15, 0.2) is 12.3 Å². The molecule has 0 aliphatic carbocycles. The fourth-order valence-electron chi connectivity index (χ4n) is 0.849. The fourth-order valence-corrected chi connectivity index (χ4v) is 0.849. The van der Waals surface area contributed by atoms with Crippen molar-refractivity contribution in [3.8, 4) is 0 Å². The summed E-state index contributed by atoms with van der Waals surface area (Å²) in [6, 6.07) is 1.68. The van der Waals surface area contributed by atoms with Crippen molar-refractivity contribution in [1.82, 2.24) is 4.98 Å². The van der Waals surface area contributed by atoms with E-state index in [2.05, 4.69) is 4.98 Å². The third kappa shape index (κ3) is 1.72. The Labute approximate surface area is 65.0 Å². The van der Waals surface area contributed by atoms with Crippen molar-refractivity contribution in [1.29, 1.82) is 0 Å². The molecule has 0 saturated carbocycles. The van der Waals surface area contributed by atoms with Crippen LogP contribution in [0.4, 0.5) is 5.69 Å². The molecule has 0 spiro atoms. The molecule has 0 aromatic carbocycles. The van der Waals surface area contributed by atoms with Gasteiger partial charge in [0.25, 0.3) is 0 Å². The van der Waals surface area contributed by atoms with Crippen LogP contribution in [0.25, 0.3) is 0 Å². The first-order chi connectivity index (χ1) is 5.25. The molecule has 1 atom stereocenters. The van der Waals surface area contributed by atoms with E-state index in [1.54, 1.807) is 12.3 Å². The molecule has 4 heteroatoms. The van der Waals surface area contributed by atoms with E-state index in [4.69, 9.17) is 10.5 Å². The van der Waals surface area contributed by atoms with Gasteiger partial charge in [0.1, 0.15) is 0 Å². The number of anilines is 1. The van der Waals surface area contributed by atoms with E-state index in [9.17, 15) is 5.11 Å². The number of nitrogen functional groups attached to an aromatic ring is 1. The number of aromatic amines is 1. The number of hydrogen-bond acceptors (Lipinski definition) is 3. The van der Waals surface area contributed by atoms with Crippen LogP contribution in [0.5, 0.6) is 0 Å². The van der Waals surface area contributed by atoms with E-state index in [0.29, 0.717) is 18.0 Å². The molecule has 11 heavy (non-hydrogen) atoms. The van der Waals surface area contributed by atoms with Crippen LogP contribution in [0.1, 0.15) is 18.9 Å². The quantitative estimate of drug-likeness (QED) is 0.562. The molecule has 0 fully saturated rings. The monoisotopic (exact) mass is 156 g/mol. The molecule has 1 aromatic rings. The third-order valence-electron chi connectivity index (χ3n) is 1.38. The van der Waals surface area contributed by atoms with Crippen molar-refractivity contribution >= 4 is 5.69 Å². The van der Waals surface area contributed by atoms with Crippen LogP contribution in [0.2, 0.25) is 0 Å². The first kappa shape index (κ1) is 8.10. The summed E-state index contributed by atoms with van der Waals surface area (Å²) in [4.78, 5) is 2.79. The molecule has 0 aliphatic rings. The van der Waals surface area contributed by atoms with Gasteiger partial charge in [-0.15, -0.1) is 0 Å². The van der Waals surface area contributed by atoms with E-state index >= 15 is 0 Å². The Hall–Kier alpha value is -1.00. The number of H-pyrrole nitrogens is 1. The van der Waals surface area contributed by atoms with Crippen molar-refractivity contribution < 1.29 is 9.84 Å². The molecule has 4 N–H and O–H groups in total. The van der Waals surface area contributed by atoms with Gasteiger partial charge in [0.15, 0.2) is 6.29 Å². The van der Waals surface area contributed by atoms with E-state index in [-0.39, 0.29) is 0 Å². The zero-order valence-corrected chi connectivity index (χ0v) is 6.37. The van der Waals surface area contributed by atoms with Gasteiger partial charge in [-0.05, 0) is 13.0 Å². The van der Waals surface area contributed by atoms with Crippen LogP contribution >= 0.6 is 0 Å². The second-order valence-electron chi connectivity index (χ2n) is 2.15. The second-order valence-corrected chi connectivity index (χ2v) is 2.15. The van der Waals surface area contributed by atoms with Crippen LogP contribution in [-0.4, -0.2) is 16.7 Å². The number of rotatable bonds is 3. The van der Waals surface area contributed by atoms with Crippen LogP contribution < -0.4 is 5.73 Å². The van der Waals surface area contributed by atoms with Gasteiger partial charge in [0.2, 0.25) is 0 Å². The highest BCUT2D eigenvalue weighted by molar-refractivity contribution is 5.43. The summed E-state index contributed by atoms with van der Waals surface area (Å²) in [5, 5.41) is 9.26. The average Bonchev–Trinajstić information content (AvgIpc) is 2.36. The van der Waals surface area contributed by atoms with Crippen molar-refractivity contribution in [3.05, 3.63) is 18.0 Å². The lowest BCUT2D eigenvalue weighted by Crippen LogP contribution is -2.05. The summed E-state index contributed by atoms with van der Waals surface area (Å²) < 4.78 is 4.91. The lowest BCUT2D eigenvalue weighted by molar-refractivity contribution is -0.0998. The predicted molar refractivity (Wildman–Crippen MR) is 41.8 cm³/mol. The summed E-state index contributed by atoms with van der Waals surface area (Å²) >= 11 is 0. The molecule has 0 radical (unpaired) electrons. The normalized spacial score (nSPS) is 13.3. The Morgan fingerprint density at radius 1 is 1.82 bits per heavy atom. The van der Waals surface area contributed by atoms with E-state index < -0.39 is 6.29 Å². The van der Waals surface area contributed by atoms with Crippen molar-refractivity contribution in [2.75, 3.05) is 12.3 Å². The molecule has 0 aliphatic heterocycles. The highest BCUT2D eigenvalue weighted by atomic mass is 16.6. The van der Waals surface area contributed by atoms with E-state index in [0.717, 1.165) is 0 Å². The summed E-state index contributed by atoms with van der Waals surface area (Å²) in [5.41, 5.74) is 6.54. The standard InChI is InChI=1S/C7H12N2O2/c1-2-11-7(10)6-5(8)3-4-9-6/h3-4,7,9-10H,2,8H2,1H3. The largest absolute Gasteiger partial charge is 0.397 e. The minimum absolute atomic E-state index is 0.458. The van der Waals surface area contributed by atoms with Crippen LogP contribution in [0.3, 0.4) is 0 Å². The maximum Gasteiger partial charge on any atom is 0.198 e. The van der Waals surface area contributed by atoms with Gasteiger partial charge < -0.3 is 20.6 Å². The number of aliphatic hydroxyl groups excluding tert-OH is 1. The van der Waals surface area contributed by atoms with Gasteiger partial charge in [0.05, 0.1) is 11.4 Å². The third-order valence-corrected chi connectivity index (χ3v) is 1.38. The molecule has 1 rings (SSSR count). The number of ether oxygens (including phenoxy) is 1. The van der Waals surface area contributed by atoms with E-state index in [1.165, 1.54) is 0 Å². The highest BCUT2D eigenvalue weighted by Crippen LogP contribution is 2.18. The lowest BCUT2D eigenvalue weighted by atomic mass is 10.3. The molecule has 1 unspecified atom stereocenters. The first-order valence-corrected chi connectivity index (χ1v) is 3.48. The lowest BCUT2D eigenvalue weighted by Gasteiger charge is -2.08. The smallest absolute Gasteiger partial charge is 0.198 e. The SMILES string of the molecule is CCOC(O)c1[nH]ccc1N. The molecule has 0 bridgehead atoms. The Morgan fingerprint density at radius 3 is 3.00 bits per heavy atom. The Morgan fingerprint density at radius 2 is 2.55 bits per heavy atom. The molecular formula is C7H12N2O2. The molecule has 0 amide bonds. The first-order valence-electron chi connectivity index (χ1n) is 3.48. The minimum atomic E-state index is -0.935. The minimum Gasteiger partial charge on any atom is -0.397 e. The van der Waals surface area contributed by atoms with Crippen LogP contribution in [-0.2, 0) is 4.74 Å². The maximum absolute atomic E-state index is 9.26.